The Labute approximate surface area is 188 Å². The Kier molecular flexibility index (Phi) is 8.18. The van der Waals surface area contributed by atoms with Crippen LogP contribution in [-0.2, 0) is 16.1 Å². The standard InChI is InChI=1S/C22H24N2O3S3/c1-4-27-21(26)16-7-10-18-19(13-16)30-22(24(18)11-12-28-3)23-20(25)14-29-17-8-5-15(2)6-9-17/h5-10,13H,4,11-12,14H2,1-3H3. The van der Waals surface area contributed by atoms with Crippen molar-refractivity contribution in [3.8, 4) is 0 Å². The minimum absolute atomic E-state index is 0.171. The van der Waals surface area contributed by atoms with Gasteiger partial charge in [0, 0.05) is 17.2 Å². The quantitative estimate of drug-likeness (QED) is 0.358. The molecule has 0 saturated carbocycles. The molecule has 158 valence electrons. The zero-order chi connectivity index (χ0) is 21.5. The van der Waals surface area contributed by atoms with Gasteiger partial charge in [-0.15, -0.1) is 11.8 Å². The molecule has 0 unspecified atom stereocenters. The van der Waals surface area contributed by atoms with Gasteiger partial charge in [0.1, 0.15) is 0 Å². The molecule has 0 aliphatic heterocycles. The number of thioether (sulfide) groups is 2. The van der Waals surface area contributed by atoms with Crippen LogP contribution in [0.5, 0.6) is 0 Å². The van der Waals surface area contributed by atoms with Gasteiger partial charge in [0.15, 0.2) is 4.80 Å². The van der Waals surface area contributed by atoms with Crippen LogP contribution in [0.3, 0.4) is 0 Å². The SMILES string of the molecule is CCOC(=O)c1ccc2c(c1)sc(=NC(=O)CSc1ccc(C)cc1)n2CCSC. The first kappa shape index (κ1) is 22.7. The summed E-state index contributed by atoms with van der Waals surface area (Å²) in [5.41, 5.74) is 2.67. The van der Waals surface area contributed by atoms with Crippen LogP contribution in [0.2, 0.25) is 0 Å². The molecule has 2 aromatic carbocycles. The Bertz CT molecular complexity index is 1100. The number of fused-ring (bicyclic) bond motifs is 1. The van der Waals surface area contributed by atoms with Crippen molar-refractivity contribution < 1.29 is 14.3 Å². The first-order valence-corrected chi connectivity index (χ1v) is 12.8. The van der Waals surface area contributed by atoms with Gasteiger partial charge >= 0.3 is 5.97 Å². The van der Waals surface area contributed by atoms with Gasteiger partial charge in [0.05, 0.1) is 28.1 Å². The first-order valence-electron chi connectivity index (χ1n) is 9.58. The Morgan fingerprint density at radius 1 is 1.17 bits per heavy atom. The Morgan fingerprint density at radius 3 is 2.63 bits per heavy atom. The Morgan fingerprint density at radius 2 is 1.93 bits per heavy atom. The van der Waals surface area contributed by atoms with Crippen LogP contribution in [-0.4, -0.2) is 40.8 Å². The summed E-state index contributed by atoms with van der Waals surface area (Å²) in [4.78, 5) is 30.7. The monoisotopic (exact) mass is 460 g/mol. The van der Waals surface area contributed by atoms with Gasteiger partial charge in [-0.2, -0.15) is 16.8 Å². The van der Waals surface area contributed by atoms with E-state index < -0.39 is 0 Å². The Balaban J connectivity index is 1.88. The topological polar surface area (TPSA) is 60.7 Å². The lowest BCUT2D eigenvalue weighted by Gasteiger charge is -2.05. The van der Waals surface area contributed by atoms with Gasteiger partial charge in [-0.05, 0) is 50.4 Å². The molecule has 0 saturated heterocycles. The molecular weight excluding hydrogens is 436 g/mol. The van der Waals surface area contributed by atoms with Gasteiger partial charge in [0.25, 0.3) is 5.91 Å². The molecule has 0 aliphatic rings. The molecule has 3 aromatic rings. The van der Waals surface area contributed by atoms with Gasteiger partial charge < -0.3 is 9.30 Å². The third-order valence-electron chi connectivity index (χ3n) is 4.32. The Hall–Kier alpha value is -2.03. The van der Waals surface area contributed by atoms with Crippen molar-refractivity contribution in [3.63, 3.8) is 0 Å². The van der Waals surface area contributed by atoms with Crippen LogP contribution < -0.4 is 4.80 Å². The lowest BCUT2D eigenvalue weighted by molar-refractivity contribution is -0.115. The molecular formula is C22H24N2O3S3. The maximum Gasteiger partial charge on any atom is 0.338 e. The lowest BCUT2D eigenvalue weighted by atomic mass is 10.2. The molecule has 0 atom stereocenters. The van der Waals surface area contributed by atoms with Crippen molar-refractivity contribution in [3.05, 3.63) is 58.4 Å². The summed E-state index contributed by atoms with van der Waals surface area (Å²) in [6.45, 7) is 4.91. The van der Waals surface area contributed by atoms with E-state index in [-0.39, 0.29) is 17.6 Å². The maximum atomic E-state index is 12.5. The number of ether oxygens (including phenoxy) is 1. The largest absolute Gasteiger partial charge is 0.462 e. The number of carbonyl (C=O) groups excluding carboxylic acids is 2. The summed E-state index contributed by atoms with van der Waals surface area (Å²) < 4.78 is 8.07. The van der Waals surface area contributed by atoms with Crippen molar-refractivity contribution in [2.75, 3.05) is 24.4 Å². The summed E-state index contributed by atoms with van der Waals surface area (Å²) >= 11 is 4.65. The predicted molar refractivity (Wildman–Crippen MR) is 127 cm³/mol. The molecule has 0 radical (unpaired) electrons. The molecule has 0 aliphatic carbocycles. The second-order valence-corrected chi connectivity index (χ2v) is 9.58. The minimum Gasteiger partial charge on any atom is -0.462 e. The number of thiazole rings is 1. The van der Waals surface area contributed by atoms with Crippen LogP contribution >= 0.6 is 34.9 Å². The lowest BCUT2D eigenvalue weighted by Crippen LogP contribution is -2.18. The summed E-state index contributed by atoms with van der Waals surface area (Å²) in [5.74, 6) is 0.682. The number of amides is 1. The highest BCUT2D eigenvalue weighted by Crippen LogP contribution is 2.21. The van der Waals surface area contributed by atoms with E-state index in [2.05, 4.69) is 9.56 Å². The third-order valence-corrected chi connectivity index (χ3v) is 6.95. The number of hydrogen-bond acceptors (Lipinski definition) is 6. The van der Waals surface area contributed by atoms with Crippen molar-refractivity contribution in [2.24, 2.45) is 4.99 Å². The summed E-state index contributed by atoms with van der Waals surface area (Å²) in [5, 5.41) is 0. The van der Waals surface area contributed by atoms with Crippen LogP contribution in [0.15, 0.2) is 52.4 Å². The van der Waals surface area contributed by atoms with E-state index in [9.17, 15) is 9.59 Å². The van der Waals surface area contributed by atoms with Crippen molar-refractivity contribution >= 4 is 57.0 Å². The number of hydrogen-bond donors (Lipinski definition) is 0. The normalized spacial score (nSPS) is 11.8. The number of nitrogens with zero attached hydrogens (tertiary/aromatic N) is 2. The minimum atomic E-state index is -0.340. The van der Waals surface area contributed by atoms with Crippen LogP contribution in [0.4, 0.5) is 0 Å². The second kappa shape index (κ2) is 10.8. The van der Waals surface area contributed by atoms with E-state index in [0.29, 0.717) is 17.0 Å². The average molecular weight is 461 g/mol. The molecule has 3 rings (SSSR count). The highest BCUT2D eigenvalue weighted by molar-refractivity contribution is 8.00. The third kappa shape index (κ3) is 5.77. The molecule has 0 fully saturated rings. The molecule has 30 heavy (non-hydrogen) atoms. The van der Waals surface area contributed by atoms with Crippen LogP contribution in [0.1, 0.15) is 22.8 Å². The highest BCUT2D eigenvalue weighted by atomic mass is 32.2. The molecule has 1 amide bonds. The van der Waals surface area contributed by atoms with E-state index >= 15 is 0 Å². The van der Waals surface area contributed by atoms with Crippen LogP contribution in [0, 0.1) is 6.92 Å². The molecule has 1 heterocycles. The maximum absolute atomic E-state index is 12.5. The fraction of sp³-hybridized carbons (Fsp3) is 0.318. The van der Waals surface area contributed by atoms with Gasteiger partial charge in [-0.1, -0.05) is 29.0 Å². The van der Waals surface area contributed by atoms with E-state index in [0.717, 1.165) is 27.4 Å². The molecule has 0 bridgehead atoms. The second-order valence-electron chi connectivity index (χ2n) is 6.54. The zero-order valence-corrected chi connectivity index (χ0v) is 19.7. The average Bonchev–Trinajstić information content (AvgIpc) is 3.08. The van der Waals surface area contributed by atoms with E-state index in [1.807, 2.05) is 49.6 Å². The molecule has 1 aromatic heterocycles. The highest BCUT2D eigenvalue weighted by Gasteiger charge is 2.12. The summed E-state index contributed by atoms with van der Waals surface area (Å²) in [7, 11) is 0. The summed E-state index contributed by atoms with van der Waals surface area (Å²) in [6.07, 6.45) is 2.05. The van der Waals surface area contributed by atoms with Crippen molar-refractivity contribution in [1.82, 2.24) is 4.57 Å². The molecule has 0 spiro atoms. The van der Waals surface area contributed by atoms with Crippen LogP contribution in [0.25, 0.3) is 10.2 Å². The fourth-order valence-electron chi connectivity index (χ4n) is 2.82. The number of esters is 1. The van der Waals surface area contributed by atoms with Gasteiger partial charge in [0.2, 0.25) is 0 Å². The number of aromatic nitrogens is 1. The van der Waals surface area contributed by atoms with Gasteiger partial charge in [-0.3, -0.25) is 4.79 Å². The smallest absolute Gasteiger partial charge is 0.338 e. The van der Waals surface area contributed by atoms with E-state index in [1.54, 1.807) is 24.8 Å². The van der Waals surface area contributed by atoms with Gasteiger partial charge in [-0.25, -0.2) is 4.79 Å². The zero-order valence-electron chi connectivity index (χ0n) is 17.2. The van der Waals surface area contributed by atoms with E-state index in [1.165, 1.54) is 28.7 Å². The van der Waals surface area contributed by atoms with E-state index in [4.69, 9.17) is 4.74 Å². The number of rotatable bonds is 8. The number of benzene rings is 2. The summed E-state index contributed by atoms with van der Waals surface area (Å²) in [6, 6.07) is 13.6. The molecule has 5 nitrogen and oxygen atoms in total. The number of carbonyl (C=O) groups is 2. The molecule has 0 N–H and O–H groups in total. The predicted octanol–water partition coefficient (Wildman–Crippen LogP) is 4.77. The van der Waals surface area contributed by atoms with Crippen molar-refractivity contribution in [1.29, 1.82) is 0 Å². The number of aryl methyl sites for hydroxylation is 2. The fourth-order valence-corrected chi connectivity index (χ4v) is 4.98. The first-order chi connectivity index (χ1) is 14.5. The molecule has 8 heteroatoms. The van der Waals surface area contributed by atoms with Crippen molar-refractivity contribution in [2.45, 2.75) is 25.3 Å².